The fourth-order valence-corrected chi connectivity index (χ4v) is 2.73. The Balaban J connectivity index is 2.09. The van der Waals surface area contributed by atoms with Crippen molar-refractivity contribution in [1.82, 2.24) is 0 Å². The van der Waals surface area contributed by atoms with Crippen molar-refractivity contribution in [3.8, 4) is 5.75 Å². The molecule has 1 aliphatic rings. The van der Waals surface area contributed by atoms with E-state index in [4.69, 9.17) is 10.5 Å². The van der Waals surface area contributed by atoms with E-state index in [-0.39, 0.29) is 0 Å². The lowest BCUT2D eigenvalue weighted by Crippen LogP contribution is -2.25. The predicted molar refractivity (Wildman–Crippen MR) is 79.2 cm³/mol. The molecular formula is C16H18N2O. The first-order chi connectivity index (χ1) is 9.31. The van der Waals surface area contributed by atoms with Gasteiger partial charge in [0.25, 0.3) is 0 Å². The van der Waals surface area contributed by atoms with Gasteiger partial charge < -0.3 is 15.4 Å². The van der Waals surface area contributed by atoms with Crippen LogP contribution in [-0.4, -0.2) is 13.7 Å². The maximum atomic E-state index is 6.22. The summed E-state index contributed by atoms with van der Waals surface area (Å²) >= 11 is 0. The van der Waals surface area contributed by atoms with E-state index in [1.807, 2.05) is 12.1 Å². The van der Waals surface area contributed by atoms with Crippen LogP contribution in [0.25, 0.3) is 0 Å². The first-order valence-corrected chi connectivity index (χ1v) is 6.59. The van der Waals surface area contributed by atoms with Crippen molar-refractivity contribution in [1.29, 1.82) is 0 Å². The molecule has 0 bridgehead atoms. The number of methoxy groups -OCH3 is 1. The number of fused-ring (bicyclic) bond motifs is 1. The van der Waals surface area contributed by atoms with Gasteiger partial charge in [0.2, 0.25) is 0 Å². The fraction of sp³-hybridized carbons (Fsp3) is 0.250. The lowest BCUT2D eigenvalue weighted by atomic mass is 10.0. The number of nitrogens with two attached hydrogens (primary N) is 1. The van der Waals surface area contributed by atoms with Gasteiger partial charge in [-0.25, -0.2) is 0 Å². The van der Waals surface area contributed by atoms with Crippen molar-refractivity contribution in [3.05, 3.63) is 48.0 Å². The summed E-state index contributed by atoms with van der Waals surface area (Å²) in [5.41, 5.74) is 10.6. The predicted octanol–water partition coefficient (Wildman–Crippen LogP) is 3.36. The van der Waals surface area contributed by atoms with Crippen LogP contribution in [-0.2, 0) is 6.42 Å². The van der Waals surface area contributed by atoms with Crippen molar-refractivity contribution < 1.29 is 4.74 Å². The van der Waals surface area contributed by atoms with Gasteiger partial charge in [-0.1, -0.05) is 24.3 Å². The Labute approximate surface area is 113 Å². The summed E-state index contributed by atoms with van der Waals surface area (Å²) in [6.07, 6.45) is 2.28. The average Bonchev–Trinajstić information content (AvgIpc) is 2.47. The molecule has 0 unspecified atom stereocenters. The Bertz CT molecular complexity index is 595. The van der Waals surface area contributed by atoms with Gasteiger partial charge in [0.1, 0.15) is 5.75 Å². The normalized spacial score (nSPS) is 14.1. The van der Waals surface area contributed by atoms with Crippen molar-refractivity contribution in [2.45, 2.75) is 12.8 Å². The number of hydrogen-bond donors (Lipinski definition) is 1. The molecule has 0 aliphatic carbocycles. The maximum absolute atomic E-state index is 6.22. The van der Waals surface area contributed by atoms with Gasteiger partial charge in [0.05, 0.1) is 18.5 Å². The zero-order valence-electron chi connectivity index (χ0n) is 11.1. The molecule has 2 aromatic rings. The highest BCUT2D eigenvalue weighted by Gasteiger charge is 2.20. The highest BCUT2D eigenvalue weighted by Crippen LogP contribution is 2.39. The van der Waals surface area contributed by atoms with Gasteiger partial charge >= 0.3 is 0 Å². The molecule has 0 aromatic heterocycles. The van der Waals surface area contributed by atoms with Crippen molar-refractivity contribution >= 4 is 17.1 Å². The molecule has 0 radical (unpaired) electrons. The summed E-state index contributed by atoms with van der Waals surface area (Å²) in [6.45, 7) is 0.994. The molecule has 0 saturated carbocycles. The number of ether oxygens (including phenoxy) is 1. The quantitative estimate of drug-likeness (QED) is 0.835. The van der Waals surface area contributed by atoms with Gasteiger partial charge in [0, 0.05) is 12.2 Å². The highest BCUT2D eigenvalue weighted by molar-refractivity contribution is 5.80. The molecule has 98 valence electrons. The molecule has 3 rings (SSSR count). The van der Waals surface area contributed by atoms with Crippen LogP contribution in [0.2, 0.25) is 0 Å². The molecule has 2 N–H and O–H groups in total. The summed E-state index contributed by atoms with van der Waals surface area (Å²) in [5.74, 6) is 0.737. The minimum atomic E-state index is 0.710. The number of rotatable bonds is 2. The first-order valence-electron chi connectivity index (χ1n) is 6.59. The van der Waals surface area contributed by atoms with Gasteiger partial charge in [-0.15, -0.1) is 0 Å². The summed E-state index contributed by atoms with van der Waals surface area (Å²) in [4.78, 5) is 2.29. The highest BCUT2D eigenvalue weighted by atomic mass is 16.5. The van der Waals surface area contributed by atoms with E-state index in [0.717, 1.165) is 30.8 Å². The molecule has 1 aliphatic heterocycles. The number of hydrogen-bond acceptors (Lipinski definition) is 3. The topological polar surface area (TPSA) is 38.5 Å². The second-order valence-corrected chi connectivity index (χ2v) is 4.78. The largest absolute Gasteiger partial charge is 0.495 e. The summed E-state index contributed by atoms with van der Waals surface area (Å²) in [7, 11) is 1.65. The van der Waals surface area contributed by atoms with Crippen LogP contribution in [0.1, 0.15) is 12.0 Å². The summed E-state index contributed by atoms with van der Waals surface area (Å²) in [5, 5.41) is 0. The Kier molecular flexibility index (Phi) is 3.03. The van der Waals surface area contributed by atoms with E-state index in [9.17, 15) is 0 Å². The first kappa shape index (κ1) is 11.9. The number of para-hydroxylation sites is 2. The molecule has 0 amide bonds. The fourth-order valence-electron chi connectivity index (χ4n) is 2.73. The van der Waals surface area contributed by atoms with E-state index in [2.05, 4.69) is 35.2 Å². The monoisotopic (exact) mass is 254 g/mol. The van der Waals surface area contributed by atoms with Gasteiger partial charge in [0.15, 0.2) is 0 Å². The third-order valence-electron chi connectivity index (χ3n) is 3.66. The summed E-state index contributed by atoms with van der Waals surface area (Å²) < 4.78 is 5.31. The zero-order valence-corrected chi connectivity index (χ0v) is 11.1. The number of nitrogens with zero attached hydrogens (tertiary/aromatic N) is 1. The molecule has 0 atom stereocenters. The van der Waals surface area contributed by atoms with Gasteiger partial charge in [-0.2, -0.15) is 0 Å². The smallest absolute Gasteiger partial charge is 0.143 e. The Morgan fingerprint density at radius 1 is 1.05 bits per heavy atom. The molecular weight excluding hydrogens is 236 g/mol. The van der Waals surface area contributed by atoms with Crippen LogP contribution in [0, 0.1) is 0 Å². The molecule has 1 heterocycles. The average molecular weight is 254 g/mol. The molecule has 2 aromatic carbocycles. The van der Waals surface area contributed by atoms with Crippen molar-refractivity contribution in [3.63, 3.8) is 0 Å². The van der Waals surface area contributed by atoms with Gasteiger partial charge in [-0.3, -0.25) is 0 Å². The molecule has 0 spiro atoms. The van der Waals surface area contributed by atoms with Crippen LogP contribution >= 0.6 is 0 Å². The molecule has 0 saturated heterocycles. The SMILES string of the molecule is COc1cccc(N2CCCc3ccccc32)c1N. The zero-order chi connectivity index (χ0) is 13.2. The van der Waals surface area contributed by atoms with Gasteiger partial charge in [-0.05, 0) is 36.6 Å². The van der Waals surface area contributed by atoms with Crippen LogP contribution in [0.4, 0.5) is 17.1 Å². The van der Waals surface area contributed by atoms with Crippen LogP contribution in [0.3, 0.4) is 0 Å². The molecule has 19 heavy (non-hydrogen) atoms. The molecule has 0 fully saturated rings. The van der Waals surface area contributed by atoms with Crippen LogP contribution in [0.15, 0.2) is 42.5 Å². The Morgan fingerprint density at radius 2 is 1.84 bits per heavy atom. The summed E-state index contributed by atoms with van der Waals surface area (Å²) in [6, 6.07) is 14.5. The lowest BCUT2D eigenvalue weighted by molar-refractivity contribution is 0.417. The third-order valence-corrected chi connectivity index (χ3v) is 3.66. The van der Waals surface area contributed by atoms with E-state index in [0.29, 0.717) is 5.69 Å². The second-order valence-electron chi connectivity index (χ2n) is 4.78. The van der Waals surface area contributed by atoms with E-state index >= 15 is 0 Å². The molecule has 3 heteroatoms. The van der Waals surface area contributed by atoms with E-state index < -0.39 is 0 Å². The van der Waals surface area contributed by atoms with Crippen LogP contribution in [0.5, 0.6) is 5.75 Å². The van der Waals surface area contributed by atoms with E-state index in [1.165, 1.54) is 11.3 Å². The lowest BCUT2D eigenvalue weighted by Gasteiger charge is -2.32. The van der Waals surface area contributed by atoms with Crippen molar-refractivity contribution in [2.24, 2.45) is 0 Å². The maximum Gasteiger partial charge on any atom is 0.143 e. The standard InChI is InChI=1S/C16H18N2O/c1-19-15-10-4-9-14(16(15)17)18-11-5-7-12-6-2-3-8-13(12)18/h2-4,6,8-10H,5,7,11,17H2,1H3. The minimum absolute atomic E-state index is 0.710. The number of benzene rings is 2. The number of anilines is 3. The van der Waals surface area contributed by atoms with Crippen molar-refractivity contribution in [2.75, 3.05) is 24.3 Å². The van der Waals surface area contributed by atoms with E-state index in [1.54, 1.807) is 7.11 Å². The Hall–Kier alpha value is -2.16. The van der Waals surface area contributed by atoms with Crippen LogP contribution < -0.4 is 15.4 Å². The number of nitrogen functional groups attached to an aromatic ring is 1. The second kappa shape index (κ2) is 4.84. The molecule has 3 nitrogen and oxygen atoms in total. The Morgan fingerprint density at radius 3 is 2.68 bits per heavy atom. The third kappa shape index (κ3) is 2.01. The number of aryl methyl sites for hydroxylation is 1. The minimum Gasteiger partial charge on any atom is -0.495 e.